The van der Waals surface area contributed by atoms with E-state index in [-0.39, 0.29) is 47.9 Å². The van der Waals surface area contributed by atoms with E-state index in [0.717, 1.165) is 61.6 Å². The topological polar surface area (TPSA) is 63.1 Å². The molecule has 0 unspecified atom stereocenters. The Bertz CT molecular complexity index is 2090. The summed E-state index contributed by atoms with van der Waals surface area (Å²) in [5, 5.41) is 13.9. The van der Waals surface area contributed by atoms with E-state index in [4.69, 9.17) is 9.97 Å². The van der Waals surface area contributed by atoms with Gasteiger partial charge in [0.25, 0.3) is 0 Å². The third-order valence-corrected chi connectivity index (χ3v) is 12.9. The van der Waals surface area contributed by atoms with Crippen molar-refractivity contribution in [3.63, 3.8) is 0 Å². The smallest absolute Gasteiger partial charge is 0.164 e. The maximum atomic E-state index is 12.2. The SMILES string of the molecule is CC(C)Cc1cc2c(cn1)CCc1c-2sc2ccnc(-c3[c-]c4ccccc4c(C(C)(C)C)c3)c12.CCC(C)(CC)C(=O)/C=C(\O)C(C)(CC)CC.[Ir]. The quantitative estimate of drug-likeness (QED) is 0.0861. The zero-order valence-corrected chi connectivity index (χ0v) is 37.0. The molecule has 0 aliphatic heterocycles. The number of hydrogen-bond acceptors (Lipinski definition) is 5. The van der Waals surface area contributed by atoms with Crippen LogP contribution in [0.15, 0.2) is 66.7 Å². The maximum Gasteiger partial charge on any atom is 0.164 e. The van der Waals surface area contributed by atoms with Crippen molar-refractivity contribution in [2.24, 2.45) is 16.7 Å². The molecule has 5 aromatic rings. The van der Waals surface area contributed by atoms with Crippen LogP contribution < -0.4 is 0 Å². The summed E-state index contributed by atoms with van der Waals surface area (Å²) in [4.78, 5) is 23.3. The molecule has 0 saturated carbocycles. The molecule has 6 rings (SSSR count). The van der Waals surface area contributed by atoms with Gasteiger partial charge >= 0.3 is 0 Å². The number of aliphatic hydroxyl groups is 1. The second kappa shape index (κ2) is 17.1. The summed E-state index contributed by atoms with van der Waals surface area (Å²) in [5.41, 5.74) is 8.33. The number of benzene rings is 2. The number of thiophene rings is 1. The second-order valence-corrected chi connectivity index (χ2v) is 17.7. The Morgan fingerprint density at radius 3 is 2.21 bits per heavy atom. The van der Waals surface area contributed by atoms with Gasteiger partial charge in [-0.2, -0.15) is 0 Å². The Balaban J connectivity index is 0.000000299. The average molecular weight is 908 g/mol. The van der Waals surface area contributed by atoms with Crippen LogP contribution in [-0.4, -0.2) is 20.9 Å². The van der Waals surface area contributed by atoms with Crippen molar-refractivity contribution in [2.75, 3.05) is 0 Å². The molecule has 3 aromatic heterocycles. The van der Waals surface area contributed by atoms with Gasteiger partial charge in [-0.05, 0) is 90.5 Å². The summed E-state index contributed by atoms with van der Waals surface area (Å²) in [6.07, 6.45) is 11.9. The number of fused-ring (bicyclic) bond motifs is 6. The molecule has 1 aliphatic carbocycles. The maximum absolute atomic E-state index is 12.2. The molecule has 0 amide bonds. The average Bonchev–Trinajstić information content (AvgIpc) is 3.53. The Hall–Kier alpha value is -3.18. The molecule has 0 atom stereocenters. The van der Waals surface area contributed by atoms with E-state index < -0.39 is 0 Å². The standard InChI is InChI=1S/C32H31N2S.C15H28O2.Ir/c1-19(2)14-23-17-26-21(18-34-23)10-11-25-29-28(35-31(25)26)12-13-33-30(29)22-15-20-8-6-7-9-24(20)27(16-22)32(3,4)5;1-7-14(5,8-2)12(16)11-13(17)15(6,9-3)10-4;/h6-9,12-13,16-19H,10-11,14H2,1-5H3;11,16H,7-10H2,1-6H3;/q-1;;/b;12-11-;. The molecule has 285 valence electrons. The number of aromatic nitrogens is 2. The van der Waals surface area contributed by atoms with Crippen LogP contribution in [0, 0.1) is 22.8 Å². The summed E-state index contributed by atoms with van der Waals surface area (Å²) < 4.78 is 1.31. The van der Waals surface area contributed by atoms with Crippen LogP contribution >= 0.6 is 11.3 Å². The summed E-state index contributed by atoms with van der Waals surface area (Å²) >= 11 is 1.91. The van der Waals surface area contributed by atoms with Gasteiger partial charge in [0.05, 0.1) is 0 Å². The number of rotatable bonds is 10. The van der Waals surface area contributed by atoms with Crippen molar-refractivity contribution < 1.29 is 30.0 Å². The number of allylic oxidation sites excluding steroid dienone is 2. The molecular weight excluding hydrogens is 849 g/mol. The Morgan fingerprint density at radius 1 is 0.925 bits per heavy atom. The van der Waals surface area contributed by atoms with Crippen molar-refractivity contribution in [3.05, 3.63) is 95.1 Å². The number of carbonyl (C=O) groups is 1. The van der Waals surface area contributed by atoms with Crippen LogP contribution in [0.1, 0.15) is 124 Å². The first kappa shape index (κ1) is 42.6. The largest absolute Gasteiger partial charge is 0.512 e. The van der Waals surface area contributed by atoms with Crippen LogP contribution in [0.5, 0.6) is 0 Å². The van der Waals surface area contributed by atoms with Gasteiger partial charge in [-0.25, -0.2) is 0 Å². The number of carbonyl (C=O) groups excluding carboxylic acids is 1. The zero-order valence-electron chi connectivity index (χ0n) is 33.8. The molecule has 53 heavy (non-hydrogen) atoms. The van der Waals surface area contributed by atoms with Gasteiger partial charge in [-0.15, -0.1) is 40.5 Å². The monoisotopic (exact) mass is 908 g/mol. The van der Waals surface area contributed by atoms with Gasteiger partial charge in [0.2, 0.25) is 0 Å². The molecule has 0 saturated heterocycles. The molecule has 1 N–H and O–H groups in total. The molecule has 0 spiro atoms. The second-order valence-electron chi connectivity index (χ2n) is 16.7. The van der Waals surface area contributed by atoms with Gasteiger partial charge in [-0.3, -0.25) is 14.8 Å². The van der Waals surface area contributed by atoms with Crippen molar-refractivity contribution >= 4 is 38.0 Å². The van der Waals surface area contributed by atoms with E-state index >= 15 is 0 Å². The predicted octanol–water partition coefficient (Wildman–Crippen LogP) is 13.2. The van der Waals surface area contributed by atoms with Crippen LogP contribution in [0.2, 0.25) is 0 Å². The normalized spacial score (nSPS) is 13.3. The summed E-state index contributed by atoms with van der Waals surface area (Å²) in [7, 11) is 0. The fraction of sp³-hybridized carbons (Fsp3) is 0.468. The van der Waals surface area contributed by atoms with Gasteiger partial charge in [0.15, 0.2) is 5.78 Å². The van der Waals surface area contributed by atoms with E-state index in [9.17, 15) is 9.90 Å². The van der Waals surface area contributed by atoms with Crippen LogP contribution in [0.4, 0.5) is 0 Å². The Morgan fingerprint density at radius 2 is 1.58 bits per heavy atom. The first-order chi connectivity index (χ1) is 24.6. The number of hydrogen-bond donors (Lipinski definition) is 1. The molecule has 1 radical (unpaired) electrons. The minimum Gasteiger partial charge on any atom is -0.512 e. The van der Waals surface area contributed by atoms with Crippen molar-refractivity contribution in [2.45, 2.75) is 127 Å². The predicted molar refractivity (Wildman–Crippen MR) is 222 cm³/mol. The number of aliphatic hydroxyl groups excluding tert-OH is 1. The Labute approximate surface area is 336 Å². The molecule has 1 aliphatic rings. The fourth-order valence-corrected chi connectivity index (χ4v) is 8.45. The first-order valence-corrected chi connectivity index (χ1v) is 20.2. The third-order valence-electron chi connectivity index (χ3n) is 11.7. The van der Waals surface area contributed by atoms with E-state index in [0.29, 0.717) is 5.92 Å². The molecule has 0 fully saturated rings. The van der Waals surface area contributed by atoms with Gasteiger partial charge < -0.3 is 5.11 Å². The van der Waals surface area contributed by atoms with Crippen molar-refractivity contribution in [3.8, 4) is 21.7 Å². The first-order valence-electron chi connectivity index (χ1n) is 19.4. The molecule has 3 heterocycles. The van der Waals surface area contributed by atoms with E-state index in [1.807, 2.05) is 59.1 Å². The van der Waals surface area contributed by atoms with Crippen molar-refractivity contribution in [1.29, 1.82) is 0 Å². The fourth-order valence-electron chi connectivity index (χ4n) is 7.15. The molecule has 4 nitrogen and oxygen atoms in total. The summed E-state index contributed by atoms with van der Waals surface area (Å²) in [5.74, 6) is 0.885. The van der Waals surface area contributed by atoms with Gasteiger partial charge in [0.1, 0.15) is 5.76 Å². The van der Waals surface area contributed by atoms with Crippen LogP contribution in [-0.2, 0) is 49.6 Å². The minimum absolute atomic E-state index is 0. The molecule has 0 bridgehead atoms. The molecular formula is C47H59IrN2O2S-. The number of pyridine rings is 2. The molecule has 2 aromatic carbocycles. The van der Waals surface area contributed by atoms with Gasteiger partial charge in [0, 0.05) is 70.4 Å². The van der Waals surface area contributed by atoms with Gasteiger partial charge in [-0.1, -0.05) is 105 Å². The van der Waals surface area contributed by atoms with E-state index in [2.05, 4.69) is 89.3 Å². The third kappa shape index (κ3) is 8.87. The van der Waals surface area contributed by atoms with E-state index in [1.54, 1.807) is 0 Å². The molecule has 6 heteroatoms. The number of ketones is 1. The minimum atomic E-state index is -0.337. The van der Waals surface area contributed by atoms with Crippen LogP contribution in [0.25, 0.3) is 42.6 Å². The van der Waals surface area contributed by atoms with E-state index in [1.165, 1.54) is 54.4 Å². The number of aryl methyl sites for hydroxylation is 2. The summed E-state index contributed by atoms with van der Waals surface area (Å²) in [6, 6.07) is 19.2. The van der Waals surface area contributed by atoms with Crippen LogP contribution in [0.3, 0.4) is 0 Å². The van der Waals surface area contributed by atoms with Crippen molar-refractivity contribution in [1.82, 2.24) is 9.97 Å². The summed E-state index contributed by atoms with van der Waals surface area (Å²) in [6.45, 7) is 23.5. The Kier molecular flexibility index (Phi) is 13.7. The number of nitrogens with zero attached hydrogens (tertiary/aromatic N) is 2. The zero-order chi connectivity index (χ0) is 38.0.